The highest BCUT2D eigenvalue weighted by molar-refractivity contribution is 5.79. The molecule has 0 aliphatic carbocycles. The fraction of sp³-hybridized carbons (Fsp3) is 0.385. The zero-order valence-corrected chi connectivity index (χ0v) is 11.0. The van der Waals surface area contributed by atoms with Crippen molar-refractivity contribution in [2.24, 2.45) is 0 Å². The molecule has 7 heteroatoms. The van der Waals surface area contributed by atoms with Crippen LogP contribution in [0.1, 0.15) is 12.2 Å². The Bertz CT molecular complexity index is 696. The van der Waals surface area contributed by atoms with Crippen molar-refractivity contribution in [1.82, 2.24) is 19.5 Å². The Morgan fingerprint density at radius 3 is 3.10 bits per heavy atom. The highest BCUT2D eigenvalue weighted by Crippen LogP contribution is 2.19. The lowest BCUT2D eigenvalue weighted by Gasteiger charge is -2.38. The maximum atomic E-state index is 11.4. The van der Waals surface area contributed by atoms with Gasteiger partial charge in [0.1, 0.15) is 24.1 Å². The Balaban J connectivity index is 1.61. The van der Waals surface area contributed by atoms with Crippen molar-refractivity contribution in [2.75, 3.05) is 13.1 Å². The van der Waals surface area contributed by atoms with E-state index in [4.69, 9.17) is 10.00 Å². The number of carbonyl (C=O) groups excluding carboxylic acids is 1. The zero-order chi connectivity index (χ0) is 14.1. The molecule has 3 heterocycles. The predicted molar refractivity (Wildman–Crippen MR) is 69.0 cm³/mol. The molecule has 0 N–H and O–H groups in total. The molecular formula is C13H13N5O2. The maximum absolute atomic E-state index is 11.4. The van der Waals surface area contributed by atoms with Crippen LogP contribution in [-0.2, 0) is 4.79 Å². The number of rotatable bonds is 3. The van der Waals surface area contributed by atoms with E-state index in [0.717, 1.165) is 5.65 Å². The highest BCUT2D eigenvalue weighted by atomic mass is 16.5. The van der Waals surface area contributed by atoms with Crippen molar-refractivity contribution >= 4 is 11.6 Å². The summed E-state index contributed by atoms with van der Waals surface area (Å²) < 4.78 is 7.43. The SMILES string of the molecule is Cc1nc2ccc(OC3CN(C(=O)CC#N)C3)cn2n1. The number of fused-ring (bicyclic) bond motifs is 1. The normalized spacial score (nSPS) is 14.9. The summed E-state index contributed by atoms with van der Waals surface area (Å²) in [6.45, 7) is 2.88. The van der Waals surface area contributed by atoms with E-state index in [-0.39, 0.29) is 18.4 Å². The standard InChI is InChI=1S/C13H13N5O2/c1-9-15-12-3-2-10(8-18(12)16-9)20-11-6-17(7-11)13(19)4-5-14/h2-3,8,11H,4,6-7H2,1H3. The van der Waals surface area contributed by atoms with Gasteiger partial charge in [-0.15, -0.1) is 0 Å². The third-order valence-corrected chi connectivity index (χ3v) is 3.14. The number of carbonyl (C=O) groups is 1. The van der Waals surface area contributed by atoms with Gasteiger partial charge in [-0.3, -0.25) is 4.79 Å². The first kappa shape index (κ1) is 12.4. The summed E-state index contributed by atoms with van der Waals surface area (Å²) in [5.74, 6) is 1.26. The highest BCUT2D eigenvalue weighted by Gasteiger charge is 2.31. The first-order valence-corrected chi connectivity index (χ1v) is 6.30. The topological polar surface area (TPSA) is 83.5 Å². The number of aryl methyl sites for hydroxylation is 1. The van der Waals surface area contributed by atoms with Crippen LogP contribution >= 0.6 is 0 Å². The van der Waals surface area contributed by atoms with Crippen molar-refractivity contribution in [2.45, 2.75) is 19.4 Å². The smallest absolute Gasteiger partial charge is 0.237 e. The van der Waals surface area contributed by atoms with E-state index in [1.54, 1.807) is 15.6 Å². The molecule has 2 aromatic heterocycles. The number of hydrogen-bond donors (Lipinski definition) is 0. The van der Waals surface area contributed by atoms with Crippen LogP contribution < -0.4 is 4.74 Å². The second-order valence-corrected chi connectivity index (χ2v) is 4.70. The number of ether oxygens (including phenoxy) is 1. The van der Waals surface area contributed by atoms with Crippen LogP contribution in [0, 0.1) is 18.3 Å². The van der Waals surface area contributed by atoms with E-state index in [0.29, 0.717) is 24.7 Å². The second-order valence-electron chi connectivity index (χ2n) is 4.70. The molecule has 0 aromatic carbocycles. The molecular weight excluding hydrogens is 258 g/mol. The number of hydrogen-bond acceptors (Lipinski definition) is 5. The summed E-state index contributed by atoms with van der Waals surface area (Å²) in [6, 6.07) is 5.53. The van der Waals surface area contributed by atoms with Crippen molar-refractivity contribution in [3.05, 3.63) is 24.2 Å². The molecule has 7 nitrogen and oxygen atoms in total. The van der Waals surface area contributed by atoms with Crippen LogP contribution in [0.4, 0.5) is 0 Å². The molecule has 0 unspecified atom stereocenters. The molecule has 1 saturated heterocycles. The van der Waals surface area contributed by atoms with Crippen molar-refractivity contribution in [3.63, 3.8) is 0 Å². The van der Waals surface area contributed by atoms with Gasteiger partial charge in [-0.25, -0.2) is 9.50 Å². The molecule has 0 spiro atoms. The van der Waals surface area contributed by atoms with Gasteiger partial charge in [0.2, 0.25) is 5.91 Å². The number of aromatic nitrogens is 3. The first-order valence-electron chi connectivity index (χ1n) is 6.30. The van der Waals surface area contributed by atoms with E-state index < -0.39 is 0 Å². The van der Waals surface area contributed by atoms with Gasteiger partial charge in [-0.1, -0.05) is 0 Å². The van der Waals surface area contributed by atoms with Crippen molar-refractivity contribution in [1.29, 1.82) is 5.26 Å². The average molecular weight is 271 g/mol. The molecule has 1 fully saturated rings. The average Bonchev–Trinajstić information content (AvgIpc) is 2.72. The van der Waals surface area contributed by atoms with E-state index in [1.807, 2.05) is 25.1 Å². The molecule has 0 atom stereocenters. The van der Waals surface area contributed by atoms with E-state index in [1.165, 1.54) is 0 Å². The number of nitrogens with zero attached hydrogens (tertiary/aromatic N) is 5. The lowest BCUT2D eigenvalue weighted by Crippen LogP contribution is -2.56. The Kier molecular flexibility index (Phi) is 2.99. The van der Waals surface area contributed by atoms with Gasteiger partial charge in [0.05, 0.1) is 25.4 Å². The van der Waals surface area contributed by atoms with Crippen LogP contribution in [0.25, 0.3) is 5.65 Å². The summed E-state index contributed by atoms with van der Waals surface area (Å²) in [7, 11) is 0. The number of amides is 1. The molecule has 1 aliphatic rings. The van der Waals surface area contributed by atoms with Crippen LogP contribution in [0.3, 0.4) is 0 Å². The summed E-state index contributed by atoms with van der Waals surface area (Å²) in [4.78, 5) is 17.3. The molecule has 0 saturated carbocycles. The number of nitriles is 1. The number of pyridine rings is 1. The molecule has 1 amide bonds. The molecule has 3 rings (SSSR count). The fourth-order valence-electron chi connectivity index (χ4n) is 2.13. The molecule has 2 aromatic rings. The van der Waals surface area contributed by atoms with Crippen molar-refractivity contribution in [3.8, 4) is 11.8 Å². The van der Waals surface area contributed by atoms with Crippen LogP contribution in [-0.4, -0.2) is 44.6 Å². The lowest BCUT2D eigenvalue weighted by atomic mass is 10.1. The predicted octanol–water partition coefficient (Wildman–Crippen LogP) is 0.541. The number of likely N-dealkylation sites (tertiary alicyclic amines) is 1. The molecule has 20 heavy (non-hydrogen) atoms. The molecule has 0 radical (unpaired) electrons. The minimum atomic E-state index is -0.144. The Hall–Kier alpha value is -2.62. The first-order chi connectivity index (χ1) is 9.65. The Labute approximate surface area is 115 Å². The van der Waals surface area contributed by atoms with Crippen LogP contribution in [0.5, 0.6) is 5.75 Å². The van der Waals surface area contributed by atoms with Gasteiger partial charge in [0.15, 0.2) is 5.65 Å². The quantitative estimate of drug-likeness (QED) is 0.813. The molecule has 1 aliphatic heterocycles. The fourth-order valence-corrected chi connectivity index (χ4v) is 2.13. The molecule has 102 valence electrons. The minimum absolute atomic E-state index is 0.0280. The monoisotopic (exact) mass is 271 g/mol. The van der Waals surface area contributed by atoms with Crippen LogP contribution in [0.15, 0.2) is 18.3 Å². The third-order valence-electron chi connectivity index (χ3n) is 3.14. The lowest BCUT2D eigenvalue weighted by molar-refractivity contribution is -0.138. The van der Waals surface area contributed by atoms with Crippen molar-refractivity contribution < 1.29 is 9.53 Å². The van der Waals surface area contributed by atoms with Crippen LogP contribution in [0.2, 0.25) is 0 Å². The Morgan fingerprint density at radius 1 is 1.55 bits per heavy atom. The van der Waals surface area contributed by atoms with Gasteiger partial charge in [-0.2, -0.15) is 10.4 Å². The summed E-state index contributed by atoms with van der Waals surface area (Å²) in [6.07, 6.45) is 1.67. The van der Waals surface area contributed by atoms with Gasteiger partial charge >= 0.3 is 0 Å². The van der Waals surface area contributed by atoms with E-state index in [2.05, 4.69) is 10.1 Å². The van der Waals surface area contributed by atoms with Gasteiger partial charge < -0.3 is 9.64 Å². The second kappa shape index (κ2) is 4.81. The van der Waals surface area contributed by atoms with Gasteiger partial charge in [0, 0.05) is 0 Å². The Morgan fingerprint density at radius 2 is 2.35 bits per heavy atom. The van der Waals surface area contributed by atoms with Gasteiger partial charge in [-0.05, 0) is 19.1 Å². The summed E-state index contributed by atoms with van der Waals surface area (Å²) in [5.41, 5.74) is 0.772. The summed E-state index contributed by atoms with van der Waals surface area (Å²) >= 11 is 0. The van der Waals surface area contributed by atoms with E-state index >= 15 is 0 Å². The minimum Gasteiger partial charge on any atom is -0.485 e. The van der Waals surface area contributed by atoms with Gasteiger partial charge in [0.25, 0.3) is 0 Å². The molecule has 0 bridgehead atoms. The zero-order valence-electron chi connectivity index (χ0n) is 11.0. The summed E-state index contributed by atoms with van der Waals surface area (Å²) in [5, 5.41) is 12.7. The maximum Gasteiger partial charge on any atom is 0.237 e. The third kappa shape index (κ3) is 2.28. The van der Waals surface area contributed by atoms with E-state index in [9.17, 15) is 4.79 Å². The largest absolute Gasteiger partial charge is 0.485 e.